The van der Waals surface area contributed by atoms with E-state index in [0.29, 0.717) is 32.3 Å². The third kappa shape index (κ3) is 4.84. The van der Waals surface area contributed by atoms with Gasteiger partial charge in [0.2, 0.25) is 0 Å². The minimum Gasteiger partial charge on any atom is -0.481 e. The Balaban J connectivity index is 1.75. The Kier molecular flexibility index (Phi) is 6.45. The van der Waals surface area contributed by atoms with Gasteiger partial charge in [0.05, 0.1) is 24.7 Å². The molecule has 2 amide bonds. The van der Waals surface area contributed by atoms with Crippen molar-refractivity contribution in [1.29, 1.82) is 0 Å². The molecule has 0 aromatic rings. The average molecular weight is 314 g/mol. The van der Waals surface area contributed by atoms with Crippen molar-refractivity contribution in [3.05, 3.63) is 0 Å². The number of urea groups is 1. The Labute approximate surface area is 130 Å². The van der Waals surface area contributed by atoms with E-state index in [1.807, 2.05) is 0 Å². The number of hydrogen-bond acceptors (Lipinski definition) is 4. The zero-order valence-corrected chi connectivity index (χ0v) is 13.0. The van der Waals surface area contributed by atoms with Gasteiger partial charge in [-0.15, -0.1) is 0 Å². The average Bonchev–Trinajstić information content (AvgIpc) is 3.01. The molecular formula is C15H26N2O5. The topological polar surface area (TPSA) is 96.9 Å². The first-order chi connectivity index (χ1) is 10.6. The van der Waals surface area contributed by atoms with Crippen LogP contribution in [0.5, 0.6) is 0 Å². The normalized spacial score (nSPS) is 29.8. The summed E-state index contributed by atoms with van der Waals surface area (Å²) < 4.78 is 10.8. The van der Waals surface area contributed by atoms with Gasteiger partial charge in [-0.2, -0.15) is 0 Å². The predicted molar refractivity (Wildman–Crippen MR) is 79.7 cm³/mol. The summed E-state index contributed by atoms with van der Waals surface area (Å²) in [6.07, 6.45) is 4.60. The van der Waals surface area contributed by atoms with Crippen LogP contribution in [0.25, 0.3) is 0 Å². The maximum Gasteiger partial charge on any atom is 0.315 e. The lowest BCUT2D eigenvalue weighted by atomic mass is 9.86. The Hall–Kier alpha value is -1.34. The maximum absolute atomic E-state index is 12.1. The Bertz CT molecular complexity index is 376. The molecule has 2 rings (SSSR count). The molecule has 0 spiro atoms. The molecule has 0 bridgehead atoms. The summed E-state index contributed by atoms with van der Waals surface area (Å²) in [5, 5.41) is 14.8. The number of aliphatic carboxylic acids is 1. The van der Waals surface area contributed by atoms with Gasteiger partial charge in [0.25, 0.3) is 0 Å². The van der Waals surface area contributed by atoms with E-state index in [0.717, 1.165) is 19.4 Å². The number of carbonyl (C=O) groups excluding carboxylic acids is 1. The first kappa shape index (κ1) is 17.0. The molecule has 0 aromatic carbocycles. The van der Waals surface area contributed by atoms with Crippen LogP contribution in [0.1, 0.15) is 38.5 Å². The van der Waals surface area contributed by atoms with Crippen LogP contribution < -0.4 is 10.6 Å². The first-order valence-corrected chi connectivity index (χ1v) is 8.00. The highest BCUT2D eigenvalue weighted by Crippen LogP contribution is 2.24. The van der Waals surface area contributed by atoms with Gasteiger partial charge in [-0.05, 0) is 38.5 Å². The minimum absolute atomic E-state index is 0.00782. The van der Waals surface area contributed by atoms with Crippen LogP contribution in [0.15, 0.2) is 0 Å². The number of carbonyl (C=O) groups is 2. The lowest BCUT2D eigenvalue weighted by Crippen LogP contribution is -2.52. The van der Waals surface area contributed by atoms with Gasteiger partial charge in [0, 0.05) is 19.8 Å². The van der Waals surface area contributed by atoms with Crippen LogP contribution >= 0.6 is 0 Å². The molecule has 1 aliphatic heterocycles. The van der Waals surface area contributed by atoms with Gasteiger partial charge >= 0.3 is 12.0 Å². The number of ether oxygens (including phenoxy) is 2. The summed E-state index contributed by atoms with van der Waals surface area (Å²) >= 11 is 0. The van der Waals surface area contributed by atoms with E-state index in [-0.39, 0.29) is 30.1 Å². The van der Waals surface area contributed by atoms with E-state index in [2.05, 4.69) is 10.6 Å². The molecule has 2 atom stereocenters. The highest BCUT2D eigenvalue weighted by atomic mass is 16.5. The van der Waals surface area contributed by atoms with E-state index in [1.54, 1.807) is 7.11 Å². The predicted octanol–water partition coefficient (Wildman–Crippen LogP) is 1.12. The standard InChI is InChI=1S/C15H26N2O5/c1-21-9-12(13-3-2-8-22-13)17-15(20)16-11-6-4-10(5-7-11)14(18)19/h10-13H,2-9H2,1H3,(H,18,19)(H2,16,17,20). The highest BCUT2D eigenvalue weighted by Gasteiger charge is 2.30. The SMILES string of the molecule is COCC(NC(=O)NC1CCC(C(=O)O)CC1)C1CCCO1. The van der Waals surface area contributed by atoms with Crippen molar-refractivity contribution in [2.45, 2.75) is 56.7 Å². The van der Waals surface area contributed by atoms with Crippen LogP contribution in [0, 0.1) is 5.92 Å². The Morgan fingerprint density at radius 3 is 2.55 bits per heavy atom. The summed E-state index contributed by atoms with van der Waals surface area (Å²) in [4.78, 5) is 23.0. The molecule has 2 unspecified atom stereocenters. The molecule has 126 valence electrons. The molecular weight excluding hydrogens is 288 g/mol. The summed E-state index contributed by atoms with van der Waals surface area (Å²) in [6.45, 7) is 1.15. The second-order valence-electron chi connectivity index (χ2n) is 6.12. The second-order valence-corrected chi connectivity index (χ2v) is 6.12. The van der Waals surface area contributed by atoms with Crippen molar-refractivity contribution in [3.8, 4) is 0 Å². The third-order valence-electron chi connectivity index (χ3n) is 4.49. The maximum atomic E-state index is 12.1. The molecule has 1 saturated heterocycles. The Morgan fingerprint density at radius 1 is 1.27 bits per heavy atom. The van der Waals surface area contributed by atoms with Crippen molar-refractivity contribution < 1.29 is 24.2 Å². The van der Waals surface area contributed by atoms with Gasteiger partial charge in [-0.3, -0.25) is 4.79 Å². The Morgan fingerprint density at radius 2 is 2.00 bits per heavy atom. The van der Waals surface area contributed by atoms with Gasteiger partial charge in [0.1, 0.15) is 0 Å². The molecule has 2 fully saturated rings. The van der Waals surface area contributed by atoms with Crippen LogP contribution in [0.3, 0.4) is 0 Å². The molecule has 0 aromatic heterocycles. The molecule has 3 N–H and O–H groups in total. The molecule has 7 nitrogen and oxygen atoms in total. The number of nitrogens with one attached hydrogen (secondary N) is 2. The van der Waals surface area contributed by atoms with E-state index in [1.165, 1.54) is 0 Å². The fourth-order valence-electron chi connectivity index (χ4n) is 3.22. The van der Waals surface area contributed by atoms with Crippen molar-refractivity contribution in [2.75, 3.05) is 20.3 Å². The van der Waals surface area contributed by atoms with E-state index < -0.39 is 5.97 Å². The summed E-state index contributed by atoms with van der Waals surface area (Å²) in [5.74, 6) is -1.00. The number of carboxylic acid groups (broad SMARTS) is 1. The van der Waals surface area contributed by atoms with Gasteiger partial charge in [0.15, 0.2) is 0 Å². The molecule has 0 radical (unpaired) electrons. The van der Waals surface area contributed by atoms with Crippen LogP contribution in [-0.4, -0.2) is 55.6 Å². The summed E-state index contributed by atoms with van der Waals surface area (Å²) in [5.41, 5.74) is 0. The molecule has 2 aliphatic rings. The molecule has 7 heteroatoms. The minimum atomic E-state index is -0.735. The van der Waals surface area contributed by atoms with Crippen LogP contribution in [0.4, 0.5) is 4.79 Å². The molecule has 1 saturated carbocycles. The van der Waals surface area contributed by atoms with E-state index in [9.17, 15) is 9.59 Å². The summed E-state index contributed by atoms with van der Waals surface area (Å²) in [6, 6.07) is -0.331. The number of carboxylic acids is 1. The highest BCUT2D eigenvalue weighted by molar-refractivity contribution is 5.75. The monoisotopic (exact) mass is 314 g/mol. The van der Waals surface area contributed by atoms with Crippen molar-refractivity contribution in [3.63, 3.8) is 0 Å². The third-order valence-corrected chi connectivity index (χ3v) is 4.49. The van der Waals surface area contributed by atoms with Crippen molar-refractivity contribution in [2.24, 2.45) is 5.92 Å². The van der Waals surface area contributed by atoms with Crippen molar-refractivity contribution in [1.82, 2.24) is 10.6 Å². The van der Waals surface area contributed by atoms with Gasteiger partial charge in [-0.1, -0.05) is 0 Å². The molecule has 22 heavy (non-hydrogen) atoms. The fourth-order valence-corrected chi connectivity index (χ4v) is 3.22. The smallest absolute Gasteiger partial charge is 0.315 e. The van der Waals surface area contributed by atoms with E-state index in [4.69, 9.17) is 14.6 Å². The van der Waals surface area contributed by atoms with Crippen molar-refractivity contribution >= 4 is 12.0 Å². The summed E-state index contributed by atoms with van der Waals surface area (Å²) in [7, 11) is 1.61. The second kappa shape index (κ2) is 8.33. The number of hydrogen-bond donors (Lipinski definition) is 3. The van der Waals surface area contributed by atoms with Crippen LogP contribution in [0.2, 0.25) is 0 Å². The first-order valence-electron chi connectivity index (χ1n) is 8.00. The quantitative estimate of drug-likeness (QED) is 0.683. The van der Waals surface area contributed by atoms with Crippen LogP contribution in [-0.2, 0) is 14.3 Å². The lowest BCUT2D eigenvalue weighted by molar-refractivity contribution is -0.142. The fraction of sp³-hybridized carbons (Fsp3) is 0.867. The van der Waals surface area contributed by atoms with E-state index >= 15 is 0 Å². The number of rotatable bonds is 6. The number of amides is 2. The zero-order chi connectivity index (χ0) is 15.9. The number of methoxy groups -OCH3 is 1. The molecule has 1 heterocycles. The zero-order valence-electron chi connectivity index (χ0n) is 13.0. The van der Waals surface area contributed by atoms with Gasteiger partial charge < -0.3 is 25.2 Å². The molecule has 1 aliphatic carbocycles. The van der Waals surface area contributed by atoms with Gasteiger partial charge in [-0.25, -0.2) is 4.79 Å². The largest absolute Gasteiger partial charge is 0.481 e. The lowest BCUT2D eigenvalue weighted by Gasteiger charge is -2.29.